The number of halogens is 4. The Morgan fingerprint density at radius 1 is 1.31 bits per heavy atom. The Morgan fingerprint density at radius 3 is 2.59 bits per heavy atom. The van der Waals surface area contributed by atoms with Crippen LogP contribution in [0.3, 0.4) is 0 Å². The summed E-state index contributed by atoms with van der Waals surface area (Å²) in [6.45, 7) is 1.83. The number of carbonyl (C=O) groups is 2. The summed E-state index contributed by atoms with van der Waals surface area (Å²) in [5.41, 5.74) is 1.85. The Hall–Kier alpha value is -2.81. The van der Waals surface area contributed by atoms with E-state index >= 15 is 0 Å². The molecule has 0 bridgehead atoms. The van der Waals surface area contributed by atoms with Gasteiger partial charge in [0.25, 0.3) is 0 Å². The summed E-state index contributed by atoms with van der Waals surface area (Å²) in [7, 11) is 1.46. The number of hydrogen-bond acceptors (Lipinski definition) is 5. The number of benzene rings is 1. The molecule has 0 aliphatic heterocycles. The van der Waals surface area contributed by atoms with Crippen LogP contribution in [0.25, 0.3) is 11.8 Å². The molecule has 10 heteroatoms. The van der Waals surface area contributed by atoms with Gasteiger partial charge < -0.3 is 14.0 Å². The van der Waals surface area contributed by atoms with Crippen molar-refractivity contribution in [3.05, 3.63) is 47.6 Å². The quantitative estimate of drug-likeness (QED) is 0.284. The maximum absolute atomic E-state index is 12.4. The third-order valence-electron chi connectivity index (χ3n) is 3.79. The first-order chi connectivity index (χ1) is 13.7. The average Bonchev–Trinajstić information content (AvgIpc) is 3.10. The number of nitrogens with zero attached hydrogens (tertiary/aromatic N) is 2. The molecule has 0 atom stereocenters. The van der Waals surface area contributed by atoms with Crippen molar-refractivity contribution in [3.63, 3.8) is 0 Å². The molecule has 29 heavy (non-hydrogen) atoms. The molecule has 0 N–H and O–H groups in total. The Balaban J connectivity index is 2.34. The van der Waals surface area contributed by atoms with Crippen molar-refractivity contribution in [1.82, 2.24) is 9.55 Å². The zero-order valence-corrected chi connectivity index (χ0v) is 16.4. The first kappa shape index (κ1) is 22.5. The summed E-state index contributed by atoms with van der Waals surface area (Å²) in [6.07, 6.45) is -0.177. The second-order valence-corrected chi connectivity index (χ2v) is 6.37. The predicted octanol–water partition coefficient (Wildman–Crippen LogP) is 4.22. The molecule has 1 aromatic carbocycles. The van der Waals surface area contributed by atoms with Crippen LogP contribution in [0.4, 0.5) is 13.2 Å². The molecule has 0 saturated carbocycles. The third kappa shape index (κ3) is 6.08. The van der Waals surface area contributed by atoms with Crippen LogP contribution in [0.2, 0.25) is 0 Å². The smallest absolute Gasteiger partial charge is 0.491 e. The maximum Gasteiger partial charge on any atom is 0.491 e. The highest BCUT2D eigenvalue weighted by atomic mass is 35.5. The summed E-state index contributed by atoms with van der Waals surface area (Å²) < 4.78 is 48.1. The SMILES string of the molecule is COc1cc(/C=C(\CCCCl)C(=O)OC(=O)C(F)(F)F)ccc1-n1cnc(C)c1. The van der Waals surface area contributed by atoms with Crippen molar-refractivity contribution >= 4 is 29.6 Å². The van der Waals surface area contributed by atoms with Crippen molar-refractivity contribution in [2.24, 2.45) is 0 Å². The van der Waals surface area contributed by atoms with Gasteiger partial charge in [-0.2, -0.15) is 13.2 Å². The zero-order chi connectivity index (χ0) is 21.6. The number of aryl methyl sites for hydroxylation is 1. The van der Waals surface area contributed by atoms with E-state index in [-0.39, 0.29) is 17.9 Å². The molecule has 0 amide bonds. The largest absolute Gasteiger partial charge is 0.495 e. The number of imidazole rings is 1. The van der Waals surface area contributed by atoms with E-state index in [1.54, 1.807) is 35.3 Å². The summed E-state index contributed by atoms with van der Waals surface area (Å²) in [4.78, 5) is 27.2. The fourth-order valence-corrected chi connectivity index (χ4v) is 2.58. The van der Waals surface area contributed by atoms with Crippen LogP contribution in [0, 0.1) is 6.92 Å². The van der Waals surface area contributed by atoms with Gasteiger partial charge in [0.15, 0.2) is 0 Å². The number of carbonyl (C=O) groups excluding carboxylic acids is 2. The van der Waals surface area contributed by atoms with Gasteiger partial charge in [0.1, 0.15) is 5.75 Å². The predicted molar refractivity (Wildman–Crippen MR) is 99.9 cm³/mol. The number of aromatic nitrogens is 2. The van der Waals surface area contributed by atoms with Gasteiger partial charge in [0.2, 0.25) is 0 Å². The first-order valence-corrected chi connectivity index (χ1v) is 8.98. The van der Waals surface area contributed by atoms with Crippen LogP contribution in [-0.2, 0) is 14.3 Å². The zero-order valence-electron chi connectivity index (χ0n) is 15.6. The molecule has 0 radical (unpaired) electrons. The second-order valence-electron chi connectivity index (χ2n) is 5.99. The van der Waals surface area contributed by atoms with Crippen molar-refractivity contribution < 1.29 is 32.2 Å². The molecule has 2 rings (SSSR count). The summed E-state index contributed by atoms with van der Waals surface area (Å²) in [6, 6.07) is 4.95. The lowest BCUT2D eigenvalue weighted by atomic mass is 10.1. The highest BCUT2D eigenvalue weighted by Gasteiger charge is 2.42. The number of alkyl halides is 4. The molecule has 2 aromatic rings. The van der Waals surface area contributed by atoms with E-state index in [1.807, 2.05) is 6.92 Å². The molecule has 0 spiro atoms. The molecule has 1 aromatic heterocycles. The molecular weight excluding hydrogens is 413 g/mol. The molecular formula is C19H18ClF3N2O4. The Labute approximate surface area is 169 Å². The molecule has 0 unspecified atom stereocenters. The Morgan fingerprint density at radius 2 is 2.03 bits per heavy atom. The van der Waals surface area contributed by atoms with Crippen LogP contribution in [0.1, 0.15) is 24.1 Å². The van der Waals surface area contributed by atoms with Gasteiger partial charge >= 0.3 is 18.1 Å². The molecule has 0 aliphatic rings. The van der Waals surface area contributed by atoms with Gasteiger partial charge in [-0.15, -0.1) is 11.6 Å². The van der Waals surface area contributed by atoms with Crippen molar-refractivity contribution in [1.29, 1.82) is 0 Å². The third-order valence-corrected chi connectivity index (χ3v) is 4.06. The Kier molecular flexibility index (Phi) is 7.44. The van der Waals surface area contributed by atoms with E-state index < -0.39 is 18.1 Å². The molecule has 0 fully saturated rings. The van der Waals surface area contributed by atoms with E-state index in [0.29, 0.717) is 23.4 Å². The van der Waals surface area contributed by atoms with Gasteiger partial charge in [-0.3, -0.25) is 0 Å². The van der Waals surface area contributed by atoms with E-state index in [2.05, 4.69) is 9.72 Å². The molecule has 0 saturated heterocycles. The minimum Gasteiger partial charge on any atom is -0.495 e. The highest BCUT2D eigenvalue weighted by Crippen LogP contribution is 2.27. The molecule has 0 aliphatic carbocycles. The normalized spacial score (nSPS) is 12.0. The van der Waals surface area contributed by atoms with Gasteiger partial charge in [-0.25, -0.2) is 14.6 Å². The van der Waals surface area contributed by atoms with E-state index in [1.165, 1.54) is 13.2 Å². The lowest BCUT2D eigenvalue weighted by Gasteiger charge is -2.11. The van der Waals surface area contributed by atoms with E-state index in [4.69, 9.17) is 16.3 Å². The van der Waals surface area contributed by atoms with Crippen LogP contribution in [0.5, 0.6) is 5.75 Å². The van der Waals surface area contributed by atoms with E-state index in [9.17, 15) is 22.8 Å². The minimum absolute atomic E-state index is 0.0399. The fraction of sp³-hybridized carbons (Fsp3) is 0.316. The number of ether oxygens (including phenoxy) is 2. The highest BCUT2D eigenvalue weighted by molar-refractivity contribution is 6.17. The summed E-state index contributed by atoms with van der Waals surface area (Å²) in [5.74, 6) is -3.30. The minimum atomic E-state index is -5.26. The van der Waals surface area contributed by atoms with Crippen LogP contribution in [-0.4, -0.2) is 40.7 Å². The van der Waals surface area contributed by atoms with Gasteiger partial charge in [-0.05, 0) is 43.5 Å². The second kappa shape index (κ2) is 9.60. The molecule has 1 heterocycles. The lowest BCUT2D eigenvalue weighted by Crippen LogP contribution is -2.28. The van der Waals surface area contributed by atoms with Gasteiger partial charge in [0, 0.05) is 17.6 Å². The monoisotopic (exact) mass is 430 g/mol. The van der Waals surface area contributed by atoms with Gasteiger partial charge in [-0.1, -0.05) is 6.07 Å². The standard InChI is InChI=1S/C19H18ClF3N2O4/c1-12-10-25(11-24-12)15-6-5-13(9-16(15)28-2)8-14(4-3-7-20)17(26)29-18(27)19(21,22)23/h5-6,8-11H,3-4,7H2,1-2H3/b14-8+. The maximum atomic E-state index is 12.4. The van der Waals surface area contributed by atoms with Crippen LogP contribution < -0.4 is 4.74 Å². The lowest BCUT2D eigenvalue weighted by molar-refractivity contribution is -0.200. The number of methoxy groups -OCH3 is 1. The van der Waals surface area contributed by atoms with Crippen LogP contribution >= 0.6 is 11.6 Å². The number of esters is 2. The van der Waals surface area contributed by atoms with Gasteiger partial charge in [0.05, 0.1) is 24.8 Å². The first-order valence-electron chi connectivity index (χ1n) is 8.44. The van der Waals surface area contributed by atoms with E-state index in [0.717, 1.165) is 5.69 Å². The summed E-state index contributed by atoms with van der Waals surface area (Å²) in [5, 5.41) is 0. The number of rotatable bonds is 7. The van der Waals surface area contributed by atoms with Crippen LogP contribution in [0.15, 0.2) is 36.3 Å². The van der Waals surface area contributed by atoms with Crippen molar-refractivity contribution in [2.45, 2.75) is 25.9 Å². The summed E-state index contributed by atoms with van der Waals surface area (Å²) >= 11 is 5.61. The topological polar surface area (TPSA) is 70.4 Å². The van der Waals surface area contributed by atoms with Crippen molar-refractivity contribution in [2.75, 3.05) is 13.0 Å². The van der Waals surface area contributed by atoms with Crippen molar-refractivity contribution in [3.8, 4) is 11.4 Å². The average molecular weight is 431 g/mol. The molecule has 156 valence electrons. The number of hydrogen-bond donors (Lipinski definition) is 0. The Bertz CT molecular complexity index is 922. The fourth-order valence-electron chi connectivity index (χ4n) is 2.45. The molecule has 6 nitrogen and oxygen atoms in total.